The van der Waals surface area contributed by atoms with Crippen molar-refractivity contribution < 1.29 is 4.74 Å². The van der Waals surface area contributed by atoms with Crippen molar-refractivity contribution in [2.24, 2.45) is 4.99 Å². The molecule has 0 saturated heterocycles. The van der Waals surface area contributed by atoms with Crippen LogP contribution in [0.1, 0.15) is 18.1 Å². The molecule has 1 aromatic heterocycles. The maximum absolute atomic E-state index is 5.15. The standard InChI is InChI=1S/C18H24N4O.HI/c1-4-19-18(22(2)14-15-8-6-5-7-9-15)21-13-16-10-11-20-17(12-16)23-3;/h5-12H,4,13-14H2,1-3H3,(H,19,21);1H. The number of hydrogen-bond acceptors (Lipinski definition) is 3. The summed E-state index contributed by atoms with van der Waals surface area (Å²) in [6.07, 6.45) is 1.74. The maximum Gasteiger partial charge on any atom is 0.213 e. The lowest BCUT2D eigenvalue weighted by molar-refractivity contribution is 0.397. The number of halogens is 1. The van der Waals surface area contributed by atoms with Gasteiger partial charge in [0, 0.05) is 32.4 Å². The molecular weight excluding hydrogens is 415 g/mol. The van der Waals surface area contributed by atoms with Crippen LogP contribution in [0.25, 0.3) is 0 Å². The van der Waals surface area contributed by atoms with E-state index in [4.69, 9.17) is 9.73 Å². The number of hydrogen-bond donors (Lipinski definition) is 1. The Bertz CT molecular complexity index is 634. The summed E-state index contributed by atoms with van der Waals surface area (Å²) in [6.45, 7) is 4.30. The maximum atomic E-state index is 5.15. The Labute approximate surface area is 161 Å². The van der Waals surface area contributed by atoms with Gasteiger partial charge in [0.05, 0.1) is 13.7 Å². The minimum Gasteiger partial charge on any atom is -0.481 e. The van der Waals surface area contributed by atoms with Gasteiger partial charge < -0.3 is 15.0 Å². The third kappa shape index (κ3) is 6.35. The summed E-state index contributed by atoms with van der Waals surface area (Å²) in [5.41, 5.74) is 2.33. The number of benzene rings is 1. The van der Waals surface area contributed by atoms with E-state index < -0.39 is 0 Å². The lowest BCUT2D eigenvalue weighted by atomic mass is 10.2. The van der Waals surface area contributed by atoms with Gasteiger partial charge in [0.1, 0.15) is 0 Å². The lowest BCUT2D eigenvalue weighted by Gasteiger charge is -2.22. The van der Waals surface area contributed by atoms with Crippen LogP contribution in [0.5, 0.6) is 5.88 Å². The normalized spacial score (nSPS) is 10.7. The van der Waals surface area contributed by atoms with E-state index in [-0.39, 0.29) is 24.0 Å². The van der Waals surface area contributed by atoms with Crippen LogP contribution in [-0.2, 0) is 13.1 Å². The van der Waals surface area contributed by atoms with Crippen molar-refractivity contribution in [2.75, 3.05) is 20.7 Å². The zero-order valence-electron chi connectivity index (χ0n) is 14.4. The molecule has 0 atom stereocenters. The molecule has 1 heterocycles. The van der Waals surface area contributed by atoms with Gasteiger partial charge in [-0.25, -0.2) is 9.98 Å². The van der Waals surface area contributed by atoms with Gasteiger partial charge in [-0.3, -0.25) is 0 Å². The Morgan fingerprint density at radius 2 is 1.96 bits per heavy atom. The molecule has 2 aromatic rings. The summed E-state index contributed by atoms with van der Waals surface area (Å²) in [4.78, 5) is 10.9. The predicted octanol–water partition coefficient (Wildman–Crippen LogP) is 3.31. The van der Waals surface area contributed by atoms with Gasteiger partial charge in [-0.15, -0.1) is 24.0 Å². The molecule has 24 heavy (non-hydrogen) atoms. The summed E-state index contributed by atoms with van der Waals surface area (Å²) in [5.74, 6) is 1.49. The second-order valence-electron chi connectivity index (χ2n) is 5.22. The quantitative estimate of drug-likeness (QED) is 0.426. The molecule has 1 aromatic carbocycles. The van der Waals surface area contributed by atoms with Crippen LogP contribution in [-0.4, -0.2) is 36.5 Å². The fraction of sp³-hybridized carbons (Fsp3) is 0.333. The van der Waals surface area contributed by atoms with Crippen molar-refractivity contribution in [2.45, 2.75) is 20.0 Å². The number of aliphatic imine (C=N–C) groups is 1. The van der Waals surface area contributed by atoms with Crippen LogP contribution in [0.2, 0.25) is 0 Å². The van der Waals surface area contributed by atoms with E-state index in [0.29, 0.717) is 12.4 Å². The Morgan fingerprint density at radius 1 is 1.21 bits per heavy atom. The molecule has 0 saturated carbocycles. The van der Waals surface area contributed by atoms with E-state index in [1.54, 1.807) is 13.3 Å². The largest absolute Gasteiger partial charge is 0.481 e. The molecule has 6 heteroatoms. The van der Waals surface area contributed by atoms with Crippen LogP contribution < -0.4 is 10.1 Å². The zero-order valence-corrected chi connectivity index (χ0v) is 16.7. The molecule has 1 N–H and O–H groups in total. The summed E-state index contributed by atoms with van der Waals surface area (Å²) >= 11 is 0. The fourth-order valence-electron chi connectivity index (χ4n) is 2.23. The SMILES string of the molecule is CCNC(=NCc1ccnc(OC)c1)N(C)Cc1ccccc1.I. The van der Waals surface area contributed by atoms with E-state index in [1.807, 2.05) is 25.2 Å². The van der Waals surface area contributed by atoms with Gasteiger partial charge in [0.15, 0.2) is 5.96 Å². The molecule has 2 rings (SSSR count). The fourth-order valence-corrected chi connectivity index (χ4v) is 2.23. The summed E-state index contributed by atoms with van der Waals surface area (Å²) in [7, 11) is 3.66. The molecule has 0 spiro atoms. The highest BCUT2D eigenvalue weighted by atomic mass is 127. The minimum absolute atomic E-state index is 0. The van der Waals surface area contributed by atoms with Gasteiger partial charge in [0.25, 0.3) is 0 Å². The van der Waals surface area contributed by atoms with Crippen LogP contribution in [0.3, 0.4) is 0 Å². The van der Waals surface area contributed by atoms with E-state index in [9.17, 15) is 0 Å². The third-order valence-electron chi connectivity index (χ3n) is 3.38. The molecule has 5 nitrogen and oxygen atoms in total. The summed E-state index contributed by atoms with van der Waals surface area (Å²) < 4.78 is 5.15. The molecule has 0 aliphatic carbocycles. The molecule has 0 amide bonds. The van der Waals surface area contributed by atoms with Crippen molar-refractivity contribution in [1.29, 1.82) is 0 Å². The Hall–Kier alpha value is -1.83. The van der Waals surface area contributed by atoms with Crippen molar-refractivity contribution in [3.05, 3.63) is 59.8 Å². The average molecular weight is 440 g/mol. The van der Waals surface area contributed by atoms with Gasteiger partial charge in [0.2, 0.25) is 5.88 Å². The molecule has 0 aliphatic heterocycles. The molecule has 0 bridgehead atoms. The highest BCUT2D eigenvalue weighted by Gasteiger charge is 2.06. The minimum atomic E-state index is 0. The number of nitrogens with one attached hydrogen (secondary N) is 1. The monoisotopic (exact) mass is 440 g/mol. The van der Waals surface area contributed by atoms with Crippen molar-refractivity contribution in [1.82, 2.24) is 15.2 Å². The first kappa shape index (κ1) is 20.2. The highest BCUT2D eigenvalue weighted by Crippen LogP contribution is 2.10. The third-order valence-corrected chi connectivity index (χ3v) is 3.38. The number of ether oxygens (including phenoxy) is 1. The second-order valence-corrected chi connectivity index (χ2v) is 5.22. The topological polar surface area (TPSA) is 49.8 Å². The number of pyridine rings is 1. The van der Waals surface area contributed by atoms with Crippen LogP contribution in [0.4, 0.5) is 0 Å². The smallest absolute Gasteiger partial charge is 0.213 e. The van der Waals surface area contributed by atoms with E-state index >= 15 is 0 Å². The predicted molar refractivity (Wildman–Crippen MR) is 109 cm³/mol. The Balaban J connectivity index is 0.00000288. The number of aromatic nitrogens is 1. The molecule has 0 aliphatic rings. The first-order valence-electron chi connectivity index (χ1n) is 7.75. The van der Waals surface area contributed by atoms with E-state index in [0.717, 1.165) is 24.6 Å². The van der Waals surface area contributed by atoms with Crippen molar-refractivity contribution in [3.63, 3.8) is 0 Å². The summed E-state index contributed by atoms with van der Waals surface area (Å²) in [6, 6.07) is 14.2. The Kier molecular flexibility index (Phi) is 9.14. The summed E-state index contributed by atoms with van der Waals surface area (Å²) in [5, 5.41) is 3.33. The van der Waals surface area contributed by atoms with Crippen molar-refractivity contribution in [3.8, 4) is 5.88 Å². The first-order chi connectivity index (χ1) is 11.2. The molecular formula is C18H25IN4O. The van der Waals surface area contributed by atoms with E-state index in [1.165, 1.54) is 5.56 Å². The highest BCUT2D eigenvalue weighted by molar-refractivity contribution is 14.0. The van der Waals surface area contributed by atoms with Crippen molar-refractivity contribution >= 4 is 29.9 Å². The van der Waals surface area contributed by atoms with Gasteiger partial charge in [-0.05, 0) is 24.1 Å². The van der Waals surface area contributed by atoms with E-state index in [2.05, 4.69) is 46.4 Å². The molecule has 0 radical (unpaired) electrons. The van der Waals surface area contributed by atoms with Crippen LogP contribution in [0.15, 0.2) is 53.7 Å². The molecule has 130 valence electrons. The van der Waals surface area contributed by atoms with Gasteiger partial charge in [-0.2, -0.15) is 0 Å². The Morgan fingerprint density at radius 3 is 2.62 bits per heavy atom. The van der Waals surface area contributed by atoms with Crippen LogP contribution in [0, 0.1) is 0 Å². The molecule has 0 fully saturated rings. The number of rotatable bonds is 6. The van der Waals surface area contributed by atoms with Crippen LogP contribution >= 0.6 is 24.0 Å². The zero-order chi connectivity index (χ0) is 16.5. The lowest BCUT2D eigenvalue weighted by Crippen LogP contribution is -2.38. The second kappa shape index (κ2) is 10.9. The van der Waals surface area contributed by atoms with Gasteiger partial charge >= 0.3 is 0 Å². The number of nitrogens with zero attached hydrogens (tertiary/aromatic N) is 3. The van der Waals surface area contributed by atoms with Gasteiger partial charge in [-0.1, -0.05) is 30.3 Å². The average Bonchev–Trinajstić information content (AvgIpc) is 2.59. The number of methoxy groups -OCH3 is 1. The first-order valence-corrected chi connectivity index (χ1v) is 7.75. The molecule has 0 unspecified atom stereocenters. The number of guanidine groups is 1.